The fourth-order valence-electron chi connectivity index (χ4n) is 5.58. The summed E-state index contributed by atoms with van der Waals surface area (Å²) in [6.07, 6.45) is 2.16. The molecule has 8 heteroatoms. The number of fused-ring (bicyclic) bond motifs is 2. The minimum atomic E-state index is -0.169. The van der Waals surface area contributed by atoms with E-state index in [1.165, 1.54) is 11.1 Å². The first-order valence-corrected chi connectivity index (χ1v) is 14.8. The van der Waals surface area contributed by atoms with E-state index in [4.69, 9.17) is 9.47 Å². The minimum Gasteiger partial charge on any atom is -0.368 e. The van der Waals surface area contributed by atoms with Crippen molar-refractivity contribution in [1.29, 1.82) is 0 Å². The molecule has 6 rings (SSSR count). The molecule has 2 aliphatic heterocycles. The van der Waals surface area contributed by atoms with Crippen LogP contribution in [0.15, 0.2) is 72.1 Å². The van der Waals surface area contributed by atoms with Crippen LogP contribution in [0.25, 0.3) is 10.1 Å². The monoisotopic (exact) mass is 559 g/mol. The largest absolute Gasteiger partial charge is 0.368 e. The average molecular weight is 560 g/mol. The number of aryl methyl sites for hydroxylation is 1. The number of nitrogens with zero attached hydrogens (tertiary/aromatic N) is 3. The number of piperazine rings is 1. The van der Waals surface area contributed by atoms with Crippen LogP contribution < -0.4 is 9.80 Å². The predicted octanol–water partition coefficient (Wildman–Crippen LogP) is 5.83. The van der Waals surface area contributed by atoms with E-state index in [1.54, 1.807) is 28.4 Å². The van der Waals surface area contributed by atoms with E-state index in [0.717, 1.165) is 72.6 Å². The summed E-state index contributed by atoms with van der Waals surface area (Å²) in [4.78, 5) is 19.3. The molecule has 0 aliphatic carbocycles. The Morgan fingerprint density at radius 3 is 2.55 bits per heavy atom. The van der Waals surface area contributed by atoms with Gasteiger partial charge in [-0.2, -0.15) is 0 Å². The van der Waals surface area contributed by atoms with E-state index in [1.807, 2.05) is 35.7 Å². The number of ether oxygens (including phenoxy) is 2. The molecule has 1 amide bonds. The standard InChI is InChI=1S/C32H34FN3O3S/c33-27-19-30(28-11-17-40-31(28)20-27)35-15-13-34(14-16-35)12-10-24-6-7-26-8-9-32(37)36(29(26)18-24)22-39-23-38-21-25-4-2-1-3-5-25/h1-7,11,17-20H,8-10,12-16,21-23H2. The number of benzene rings is 3. The molecular formula is C32H34FN3O3S. The van der Waals surface area contributed by atoms with Gasteiger partial charge in [0.25, 0.3) is 0 Å². The zero-order valence-electron chi connectivity index (χ0n) is 22.6. The van der Waals surface area contributed by atoms with E-state index in [9.17, 15) is 9.18 Å². The summed E-state index contributed by atoms with van der Waals surface area (Å²) in [7, 11) is 0. The number of thiophene rings is 1. The quantitative estimate of drug-likeness (QED) is 0.181. The summed E-state index contributed by atoms with van der Waals surface area (Å²) >= 11 is 1.59. The van der Waals surface area contributed by atoms with Crippen molar-refractivity contribution in [3.05, 3.63) is 94.6 Å². The SMILES string of the molecule is O=C1CCc2ccc(CCN3CCN(c4cc(F)cc5sccc45)CC3)cc2N1COCOCc1ccccc1. The molecule has 0 atom stereocenters. The number of rotatable bonds is 10. The minimum absolute atomic E-state index is 0.0842. The fraction of sp³-hybridized carbons (Fsp3) is 0.344. The lowest BCUT2D eigenvalue weighted by Gasteiger charge is -2.36. The molecule has 4 aromatic rings. The second-order valence-corrected chi connectivity index (χ2v) is 11.4. The average Bonchev–Trinajstić information content (AvgIpc) is 3.46. The van der Waals surface area contributed by atoms with Gasteiger partial charge in [-0.25, -0.2) is 4.39 Å². The second-order valence-electron chi connectivity index (χ2n) is 10.4. The van der Waals surface area contributed by atoms with Crippen LogP contribution in [0.3, 0.4) is 0 Å². The third-order valence-electron chi connectivity index (χ3n) is 7.79. The van der Waals surface area contributed by atoms with Crippen molar-refractivity contribution >= 4 is 38.7 Å². The first kappa shape index (κ1) is 26.9. The maximum atomic E-state index is 14.2. The van der Waals surface area contributed by atoms with Crippen molar-refractivity contribution in [2.75, 3.05) is 56.0 Å². The highest BCUT2D eigenvalue weighted by Gasteiger charge is 2.25. The highest BCUT2D eigenvalue weighted by molar-refractivity contribution is 7.17. The van der Waals surface area contributed by atoms with Crippen molar-refractivity contribution in [1.82, 2.24) is 4.90 Å². The van der Waals surface area contributed by atoms with E-state index in [2.05, 4.69) is 34.1 Å². The molecule has 40 heavy (non-hydrogen) atoms. The molecule has 3 heterocycles. The Morgan fingerprint density at radius 2 is 1.70 bits per heavy atom. The molecule has 0 N–H and O–H groups in total. The Labute approximate surface area is 238 Å². The first-order chi connectivity index (χ1) is 19.6. The van der Waals surface area contributed by atoms with E-state index in [-0.39, 0.29) is 25.2 Å². The number of anilines is 2. The van der Waals surface area contributed by atoms with Crippen LogP contribution in [-0.4, -0.2) is 57.1 Å². The summed E-state index contributed by atoms with van der Waals surface area (Å²) in [5.74, 6) is -0.0849. The predicted molar refractivity (Wildman–Crippen MR) is 158 cm³/mol. The zero-order valence-corrected chi connectivity index (χ0v) is 23.4. The molecule has 0 radical (unpaired) electrons. The van der Waals surface area contributed by atoms with Crippen molar-refractivity contribution in [2.24, 2.45) is 0 Å². The van der Waals surface area contributed by atoms with Gasteiger partial charge in [-0.15, -0.1) is 11.3 Å². The van der Waals surface area contributed by atoms with Gasteiger partial charge in [0.1, 0.15) is 19.3 Å². The highest BCUT2D eigenvalue weighted by Crippen LogP contribution is 2.33. The fourth-order valence-corrected chi connectivity index (χ4v) is 6.41. The summed E-state index contributed by atoms with van der Waals surface area (Å²) < 4.78 is 26.6. The molecule has 1 aromatic heterocycles. The second kappa shape index (κ2) is 12.5. The van der Waals surface area contributed by atoms with Crippen molar-refractivity contribution in [3.63, 3.8) is 0 Å². The Morgan fingerprint density at radius 1 is 0.850 bits per heavy atom. The van der Waals surface area contributed by atoms with Crippen LogP contribution in [0.2, 0.25) is 0 Å². The van der Waals surface area contributed by atoms with Crippen LogP contribution in [-0.2, 0) is 33.7 Å². The maximum absolute atomic E-state index is 14.2. The van der Waals surface area contributed by atoms with Crippen molar-refractivity contribution in [3.8, 4) is 0 Å². The molecule has 0 saturated carbocycles. The van der Waals surface area contributed by atoms with Gasteiger partial charge in [-0.1, -0.05) is 42.5 Å². The van der Waals surface area contributed by atoms with Gasteiger partial charge in [0, 0.05) is 60.6 Å². The Kier molecular flexibility index (Phi) is 8.39. The van der Waals surface area contributed by atoms with E-state index >= 15 is 0 Å². The Hall–Kier alpha value is -3.30. The van der Waals surface area contributed by atoms with Crippen LogP contribution in [0, 0.1) is 5.82 Å². The van der Waals surface area contributed by atoms with Gasteiger partial charge in [-0.3, -0.25) is 14.6 Å². The topological polar surface area (TPSA) is 45.3 Å². The summed E-state index contributed by atoms with van der Waals surface area (Å²) in [5, 5.41) is 3.17. The normalized spacial score (nSPS) is 16.1. The van der Waals surface area contributed by atoms with Gasteiger partial charge >= 0.3 is 0 Å². The van der Waals surface area contributed by atoms with Crippen LogP contribution in [0.1, 0.15) is 23.1 Å². The van der Waals surface area contributed by atoms with E-state index < -0.39 is 0 Å². The molecule has 0 unspecified atom stereocenters. The Balaban J connectivity index is 1.01. The lowest BCUT2D eigenvalue weighted by Crippen LogP contribution is -2.47. The van der Waals surface area contributed by atoms with Crippen LogP contribution in [0.4, 0.5) is 15.8 Å². The van der Waals surface area contributed by atoms with Crippen molar-refractivity contribution in [2.45, 2.75) is 25.9 Å². The Bertz CT molecular complexity index is 1450. The third kappa shape index (κ3) is 6.20. The van der Waals surface area contributed by atoms with E-state index in [0.29, 0.717) is 13.0 Å². The highest BCUT2D eigenvalue weighted by atomic mass is 32.1. The smallest absolute Gasteiger partial charge is 0.229 e. The number of carbonyl (C=O) groups is 1. The summed E-state index contributed by atoms with van der Waals surface area (Å²) in [6, 6.07) is 21.8. The molecule has 3 aromatic carbocycles. The first-order valence-electron chi connectivity index (χ1n) is 13.9. The molecule has 0 spiro atoms. The van der Waals surface area contributed by atoms with Gasteiger partial charge in [-0.05, 0) is 59.2 Å². The lowest BCUT2D eigenvalue weighted by atomic mass is 9.98. The number of carbonyl (C=O) groups excluding carboxylic acids is 1. The molecule has 6 nitrogen and oxygen atoms in total. The van der Waals surface area contributed by atoms with Crippen LogP contribution in [0.5, 0.6) is 0 Å². The molecule has 2 aliphatic rings. The number of halogens is 1. The van der Waals surface area contributed by atoms with Gasteiger partial charge < -0.3 is 14.4 Å². The molecule has 208 valence electrons. The van der Waals surface area contributed by atoms with Gasteiger partial charge in [0.2, 0.25) is 5.91 Å². The zero-order chi connectivity index (χ0) is 27.3. The maximum Gasteiger partial charge on any atom is 0.229 e. The van der Waals surface area contributed by atoms with Gasteiger partial charge in [0.05, 0.1) is 6.61 Å². The summed E-state index contributed by atoms with van der Waals surface area (Å²) in [6.45, 7) is 5.38. The number of hydrogen-bond donors (Lipinski definition) is 0. The third-order valence-corrected chi connectivity index (χ3v) is 8.66. The van der Waals surface area contributed by atoms with Crippen molar-refractivity contribution < 1.29 is 18.7 Å². The lowest BCUT2D eigenvalue weighted by molar-refractivity contribution is -0.122. The molecule has 1 saturated heterocycles. The summed E-state index contributed by atoms with van der Waals surface area (Å²) in [5.41, 5.74) is 5.44. The number of amides is 1. The van der Waals surface area contributed by atoms with Gasteiger partial charge in [0.15, 0.2) is 0 Å². The molecule has 0 bridgehead atoms. The molecule has 1 fully saturated rings. The number of hydrogen-bond acceptors (Lipinski definition) is 6. The van der Waals surface area contributed by atoms with Crippen LogP contribution >= 0.6 is 11.3 Å². The molecular weight excluding hydrogens is 525 g/mol.